The van der Waals surface area contributed by atoms with E-state index in [2.05, 4.69) is 37.9 Å². The third-order valence-corrected chi connectivity index (χ3v) is 3.04. The molecule has 0 unspecified atom stereocenters. The highest BCUT2D eigenvalue weighted by molar-refractivity contribution is 4.54. The molecule has 0 aliphatic rings. The van der Waals surface area contributed by atoms with E-state index in [1.165, 1.54) is 64.6 Å². The van der Waals surface area contributed by atoms with Crippen LogP contribution in [0.15, 0.2) is 0 Å². The van der Waals surface area contributed by atoms with Gasteiger partial charge in [-0.1, -0.05) is 39.0 Å². The average molecular weight is 228 g/mol. The van der Waals surface area contributed by atoms with Crippen molar-refractivity contribution in [1.29, 1.82) is 0 Å². The molecule has 0 aromatic heterocycles. The quantitative estimate of drug-likeness (QED) is 0.501. The zero-order valence-electron chi connectivity index (χ0n) is 12.0. The molecule has 0 N–H and O–H groups in total. The third-order valence-electron chi connectivity index (χ3n) is 3.04. The molecular formula is C14H32N2. The molecule has 0 heterocycles. The molecule has 0 aliphatic carbocycles. The first-order chi connectivity index (χ1) is 7.66. The van der Waals surface area contributed by atoms with Crippen LogP contribution in [0.2, 0.25) is 0 Å². The van der Waals surface area contributed by atoms with Gasteiger partial charge < -0.3 is 9.80 Å². The maximum absolute atomic E-state index is 2.48. The van der Waals surface area contributed by atoms with Gasteiger partial charge in [-0.2, -0.15) is 0 Å². The zero-order chi connectivity index (χ0) is 12.2. The Morgan fingerprint density at radius 2 is 1.19 bits per heavy atom. The summed E-state index contributed by atoms with van der Waals surface area (Å²) in [6, 6.07) is 0. The van der Waals surface area contributed by atoms with Gasteiger partial charge in [-0.25, -0.2) is 0 Å². The van der Waals surface area contributed by atoms with E-state index in [0.717, 1.165) is 0 Å². The topological polar surface area (TPSA) is 6.48 Å². The molecule has 0 saturated carbocycles. The highest BCUT2D eigenvalue weighted by Crippen LogP contribution is 2.05. The average Bonchev–Trinajstić information content (AvgIpc) is 2.22. The Kier molecular flexibility index (Phi) is 11.3. The van der Waals surface area contributed by atoms with Gasteiger partial charge in [0, 0.05) is 0 Å². The molecule has 2 nitrogen and oxygen atoms in total. The lowest BCUT2D eigenvalue weighted by atomic mass is 10.1. The van der Waals surface area contributed by atoms with Crippen molar-refractivity contribution in [1.82, 2.24) is 9.80 Å². The van der Waals surface area contributed by atoms with Crippen LogP contribution < -0.4 is 0 Å². The molecule has 16 heavy (non-hydrogen) atoms. The first-order valence-corrected chi connectivity index (χ1v) is 7.00. The smallest absolute Gasteiger partial charge is 0.000960 e. The number of hydrogen-bond donors (Lipinski definition) is 0. The van der Waals surface area contributed by atoms with Crippen LogP contribution in [-0.2, 0) is 0 Å². The Balaban J connectivity index is 3.14. The minimum absolute atomic E-state index is 1.21. The number of hydrogen-bond acceptors (Lipinski definition) is 2. The standard InChI is InChI=1S/C14H32N2/c1-5-6-7-8-9-10-13-16(4)14-11-12-15(2)3/h5-14H2,1-4H3. The van der Waals surface area contributed by atoms with Crippen LogP contribution in [0.3, 0.4) is 0 Å². The minimum atomic E-state index is 1.21. The highest BCUT2D eigenvalue weighted by Gasteiger charge is 1.98. The maximum atomic E-state index is 2.48. The van der Waals surface area contributed by atoms with E-state index in [-0.39, 0.29) is 0 Å². The summed E-state index contributed by atoms with van der Waals surface area (Å²) in [7, 11) is 6.54. The summed E-state index contributed by atoms with van der Waals surface area (Å²) in [6.07, 6.45) is 9.71. The van der Waals surface area contributed by atoms with Crippen LogP contribution in [-0.4, -0.2) is 50.6 Å². The molecule has 0 spiro atoms. The Bertz CT molecular complexity index is 135. The second-order valence-corrected chi connectivity index (χ2v) is 5.23. The van der Waals surface area contributed by atoms with Gasteiger partial charge in [0.1, 0.15) is 0 Å². The number of unbranched alkanes of at least 4 members (excludes halogenated alkanes) is 5. The SMILES string of the molecule is CCCCCCCCN(C)CCCN(C)C. The molecule has 0 aromatic carbocycles. The molecule has 0 radical (unpaired) electrons. The molecule has 98 valence electrons. The van der Waals surface area contributed by atoms with Crippen LogP contribution in [0.25, 0.3) is 0 Å². The monoisotopic (exact) mass is 228 g/mol. The summed E-state index contributed by atoms with van der Waals surface area (Å²) < 4.78 is 0. The third kappa shape index (κ3) is 12.0. The lowest BCUT2D eigenvalue weighted by molar-refractivity contribution is 0.294. The van der Waals surface area contributed by atoms with Crippen molar-refractivity contribution in [3.05, 3.63) is 0 Å². The van der Waals surface area contributed by atoms with Gasteiger partial charge in [-0.15, -0.1) is 0 Å². The van der Waals surface area contributed by atoms with Crippen molar-refractivity contribution >= 4 is 0 Å². The summed E-state index contributed by atoms with van der Waals surface area (Å²) >= 11 is 0. The van der Waals surface area contributed by atoms with Crippen molar-refractivity contribution in [2.45, 2.75) is 51.9 Å². The maximum Gasteiger partial charge on any atom is -0.000960 e. The van der Waals surface area contributed by atoms with Crippen molar-refractivity contribution < 1.29 is 0 Å². The van der Waals surface area contributed by atoms with Crippen LogP contribution in [0.4, 0.5) is 0 Å². The van der Waals surface area contributed by atoms with E-state index >= 15 is 0 Å². The summed E-state index contributed by atoms with van der Waals surface area (Å²) in [5.74, 6) is 0. The van der Waals surface area contributed by atoms with Gasteiger partial charge in [0.2, 0.25) is 0 Å². The lowest BCUT2D eigenvalue weighted by Gasteiger charge is -2.17. The number of nitrogens with zero attached hydrogens (tertiary/aromatic N) is 2. The first-order valence-electron chi connectivity index (χ1n) is 7.00. The van der Waals surface area contributed by atoms with E-state index in [1.54, 1.807) is 0 Å². The van der Waals surface area contributed by atoms with E-state index < -0.39 is 0 Å². The molecule has 0 amide bonds. The van der Waals surface area contributed by atoms with E-state index in [4.69, 9.17) is 0 Å². The Labute approximate surface area is 103 Å². The summed E-state index contributed by atoms with van der Waals surface area (Å²) in [5.41, 5.74) is 0. The fourth-order valence-electron chi connectivity index (χ4n) is 1.93. The molecule has 0 saturated heterocycles. The van der Waals surface area contributed by atoms with Gasteiger partial charge in [-0.05, 0) is 53.6 Å². The van der Waals surface area contributed by atoms with Gasteiger partial charge >= 0.3 is 0 Å². The molecule has 0 aromatic rings. The van der Waals surface area contributed by atoms with Crippen molar-refractivity contribution in [2.75, 3.05) is 40.8 Å². The Morgan fingerprint density at radius 1 is 0.625 bits per heavy atom. The second kappa shape index (κ2) is 11.4. The van der Waals surface area contributed by atoms with Crippen LogP contribution >= 0.6 is 0 Å². The van der Waals surface area contributed by atoms with Crippen LogP contribution in [0.5, 0.6) is 0 Å². The normalized spacial score (nSPS) is 11.6. The van der Waals surface area contributed by atoms with Gasteiger partial charge in [0.05, 0.1) is 0 Å². The molecule has 0 fully saturated rings. The van der Waals surface area contributed by atoms with E-state index in [0.29, 0.717) is 0 Å². The van der Waals surface area contributed by atoms with Gasteiger partial charge in [0.15, 0.2) is 0 Å². The molecule has 0 aliphatic heterocycles. The fraction of sp³-hybridized carbons (Fsp3) is 1.00. The summed E-state index contributed by atoms with van der Waals surface area (Å²) in [6.45, 7) is 6.01. The molecule has 0 bridgehead atoms. The van der Waals surface area contributed by atoms with Crippen molar-refractivity contribution in [2.24, 2.45) is 0 Å². The largest absolute Gasteiger partial charge is 0.309 e. The summed E-state index contributed by atoms with van der Waals surface area (Å²) in [4.78, 5) is 4.74. The predicted octanol–water partition coefficient (Wildman–Crippen LogP) is 3.23. The van der Waals surface area contributed by atoms with Crippen LogP contribution in [0, 0.1) is 0 Å². The lowest BCUT2D eigenvalue weighted by Crippen LogP contribution is -2.24. The number of rotatable bonds is 11. The Morgan fingerprint density at radius 3 is 1.81 bits per heavy atom. The predicted molar refractivity (Wildman–Crippen MR) is 74.0 cm³/mol. The van der Waals surface area contributed by atoms with E-state index in [9.17, 15) is 0 Å². The van der Waals surface area contributed by atoms with Crippen LogP contribution in [0.1, 0.15) is 51.9 Å². The van der Waals surface area contributed by atoms with Gasteiger partial charge in [-0.3, -0.25) is 0 Å². The molecular weight excluding hydrogens is 196 g/mol. The second-order valence-electron chi connectivity index (χ2n) is 5.23. The van der Waals surface area contributed by atoms with Crippen molar-refractivity contribution in [3.63, 3.8) is 0 Å². The van der Waals surface area contributed by atoms with Crippen molar-refractivity contribution in [3.8, 4) is 0 Å². The van der Waals surface area contributed by atoms with Gasteiger partial charge in [0.25, 0.3) is 0 Å². The molecule has 0 rings (SSSR count). The molecule has 2 heteroatoms. The fourth-order valence-corrected chi connectivity index (χ4v) is 1.93. The summed E-state index contributed by atoms with van der Waals surface area (Å²) in [5, 5.41) is 0. The minimum Gasteiger partial charge on any atom is -0.309 e. The highest BCUT2D eigenvalue weighted by atomic mass is 15.1. The molecule has 0 atom stereocenters. The van der Waals surface area contributed by atoms with E-state index in [1.807, 2.05) is 0 Å². The Hall–Kier alpha value is -0.0800. The first kappa shape index (κ1) is 15.9. The zero-order valence-corrected chi connectivity index (χ0v) is 12.0.